The number of hydrogen-bond acceptors (Lipinski definition) is 4. The van der Waals surface area contributed by atoms with Gasteiger partial charge >= 0.3 is 0 Å². The van der Waals surface area contributed by atoms with Gasteiger partial charge in [0.1, 0.15) is 22.5 Å². The second-order valence-electron chi connectivity index (χ2n) is 4.55. The van der Waals surface area contributed by atoms with Gasteiger partial charge in [-0.25, -0.2) is 0 Å². The number of fused-ring (bicyclic) bond motifs is 2. The van der Waals surface area contributed by atoms with E-state index in [4.69, 9.17) is 16.0 Å². The Bertz CT molecular complexity index is 717. The average Bonchev–Trinajstić information content (AvgIpc) is 2.68. The molecule has 0 saturated heterocycles. The van der Waals surface area contributed by atoms with Gasteiger partial charge in [0.2, 0.25) is 5.43 Å². The molecular weight excluding hydrogens is 256 g/mol. The zero-order valence-electron chi connectivity index (χ0n) is 9.66. The highest BCUT2D eigenvalue weighted by molar-refractivity contribution is 6.33. The average molecular weight is 267 g/mol. The molecule has 0 radical (unpaired) electrons. The summed E-state index contributed by atoms with van der Waals surface area (Å²) in [5.74, 6) is 0.225. The van der Waals surface area contributed by atoms with Crippen molar-refractivity contribution in [2.75, 3.05) is 0 Å². The van der Waals surface area contributed by atoms with Gasteiger partial charge in [-0.1, -0.05) is 11.6 Å². The van der Waals surface area contributed by atoms with E-state index >= 15 is 0 Å². The summed E-state index contributed by atoms with van der Waals surface area (Å²) in [6.45, 7) is 1.73. The van der Waals surface area contributed by atoms with Crippen molar-refractivity contribution in [3.63, 3.8) is 0 Å². The van der Waals surface area contributed by atoms with E-state index in [0.717, 1.165) is 0 Å². The number of hydrogen-bond donors (Lipinski definition) is 2. The van der Waals surface area contributed by atoms with Gasteiger partial charge in [-0.15, -0.1) is 0 Å². The van der Waals surface area contributed by atoms with Gasteiger partial charge in [0, 0.05) is 6.42 Å². The Labute approximate surface area is 107 Å². The molecule has 94 valence electrons. The molecule has 18 heavy (non-hydrogen) atoms. The number of phenolic OH excluding ortho intramolecular Hbond substituents is 1. The topological polar surface area (TPSA) is 70.7 Å². The van der Waals surface area contributed by atoms with Crippen molar-refractivity contribution < 1.29 is 14.6 Å². The van der Waals surface area contributed by atoms with E-state index in [1.165, 1.54) is 0 Å². The molecule has 0 fully saturated rings. The van der Waals surface area contributed by atoms with Gasteiger partial charge < -0.3 is 14.6 Å². The third kappa shape index (κ3) is 1.39. The third-order valence-corrected chi connectivity index (χ3v) is 3.85. The number of aliphatic hydroxyl groups excluding tert-OH is 1. The first-order chi connectivity index (χ1) is 8.50. The van der Waals surface area contributed by atoms with Crippen molar-refractivity contribution in [2.45, 2.75) is 25.9 Å². The van der Waals surface area contributed by atoms with E-state index in [-0.39, 0.29) is 21.7 Å². The first-order valence-electron chi connectivity index (χ1n) is 5.66. The molecule has 1 unspecified atom stereocenters. The van der Waals surface area contributed by atoms with E-state index in [1.54, 1.807) is 13.0 Å². The minimum Gasteiger partial charge on any atom is -0.505 e. The fourth-order valence-electron chi connectivity index (χ4n) is 2.43. The van der Waals surface area contributed by atoms with Crippen LogP contribution < -0.4 is 5.43 Å². The van der Waals surface area contributed by atoms with Crippen LogP contribution in [0.2, 0.25) is 5.02 Å². The maximum absolute atomic E-state index is 12.3. The lowest BCUT2D eigenvalue weighted by Crippen LogP contribution is -2.12. The summed E-state index contributed by atoms with van der Waals surface area (Å²) in [6.07, 6.45) is 0.183. The summed E-state index contributed by atoms with van der Waals surface area (Å²) in [4.78, 5) is 12.3. The fourth-order valence-corrected chi connectivity index (χ4v) is 2.58. The summed E-state index contributed by atoms with van der Waals surface area (Å²) in [6, 6.07) is 1.63. The van der Waals surface area contributed by atoms with E-state index in [9.17, 15) is 15.0 Å². The monoisotopic (exact) mass is 266 g/mol. The molecule has 2 aromatic rings. The molecule has 4 nitrogen and oxygen atoms in total. The second-order valence-corrected chi connectivity index (χ2v) is 4.93. The molecule has 1 aromatic carbocycles. The largest absolute Gasteiger partial charge is 0.505 e. The Kier molecular flexibility index (Phi) is 2.40. The van der Waals surface area contributed by atoms with Gasteiger partial charge in [-0.2, -0.15) is 0 Å². The van der Waals surface area contributed by atoms with Crippen molar-refractivity contribution in [2.24, 2.45) is 0 Å². The van der Waals surface area contributed by atoms with Crippen molar-refractivity contribution in [1.82, 2.24) is 0 Å². The number of rotatable bonds is 0. The van der Waals surface area contributed by atoms with E-state index in [0.29, 0.717) is 29.7 Å². The molecule has 0 saturated carbocycles. The lowest BCUT2D eigenvalue weighted by atomic mass is 10.1. The Morgan fingerprint density at radius 2 is 2.22 bits per heavy atom. The smallest absolute Gasteiger partial charge is 0.202 e. The summed E-state index contributed by atoms with van der Waals surface area (Å²) >= 11 is 5.92. The molecule has 0 amide bonds. The predicted octanol–water partition coefficient (Wildman–Crippen LogP) is 2.44. The zero-order valence-corrected chi connectivity index (χ0v) is 10.4. The summed E-state index contributed by atoms with van der Waals surface area (Å²) in [5, 5.41) is 19.9. The molecule has 0 aliphatic heterocycles. The first-order valence-corrected chi connectivity index (χ1v) is 6.04. The number of aliphatic hydroxyl groups is 1. The van der Waals surface area contributed by atoms with Crippen LogP contribution in [0.15, 0.2) is 15.3 Å². The maximum atomic E-state index is 12.3. The minimum atomic E-state index is -0.819. The molecular formula is C13H11ClO4. The van der Waals surface area contributed by atoms with Gasteiger partial charge in [-0.3, -0.25) is 4.79 Å². The normalized spacial score (nSPS) is 18.3. The highest BCUT2D eigenvalue weighted by Crippen LogP contribution is 2.37. The molecule has 0 spiro atoms. The lowest BCUT2D eigenvalue weighted by molar-refractivity contribution is 0.179. The molecule has 2 N–H and O–H groups in total. The first kappa shape index (κ1) is 11.6. The van der Waals surface area contributed by atoms with Gasteiger partial charge in [0.05, 0.1) is 16.7 Å². The van der Waals surface area contributed by atoms with Crippen LogP contribution in [0.5, 0.6) is 5.75 Å². The van der Waals surface area contributed by atoms with Crippen LogP contribution in [-0.4, -0.2) is 10.2 Å². The highest BCUT2D eigenvalue weighted by atomic mass is 35.5. The van der Waals surface area contributed by atoms with Gasteiger partial charge in [0.15, 0.2) is 0 Å². The molecule has 5 heteroatoms. The van der Waals surface area contributed by atoms with Crippen LogP contribution >= 0.6 is 11.6 Å². The number of aromatic hydroxyl groups is 1. The summed E-state index contributed by atoms with van der Waals surface area (Å²) < 4.78 is 5.59. The standard InChI is InChI=1S/C13H11ClO4/c1-5-4-8-10(13(17)11(5)14)12(16)9-6(15)2-3-7(9)18-8/h4,6,15,17H,2-3H2,1H3. The summed E-state index contributed by atoms with van der Waals surface area (Å²) in [7, 11) is 0. The zero-order chi connectivity index (χ0) is 13.0. The SMILES string of the molecule is Cc1cc2oc3c(c(=O)c2c(O)c1Cl)C(O)CC3. The van der Waals surface area contributed by atoms with E-state index in [2.05, 4.69) is 0 Å². The van der Waals surface area contributed by atoms with Crippen molar-refractivity contribution in [3.8, 4) is 5.75 Å². The Balaban J connectivity index is 2.51. The van der Waals surface area contributed by atoms with Crippen LogP contribution in [0.4, 0.5) is 0 Å². The molecule has 1 aromatic heterocycles. The van der Waals surface area contributed by atoms with Gasteiger partial charge in [-0.05, 0) is 25.0 Å². The van der Waals surface area contributed by atoms with Crippen LogP contribution in [-0.2, 0) is 6.42 Å². The summed E-state index contributed by atoms with van der Waals surface area (Å²) in [5.41, 5.74) is 0.809. The van der Waals surface area contributed by atoms with E-state index < -0.39 is 11.5 Å². The molecule has 1 aliphatic carbocycles. The van der Waals surface area contributed by atoms with Crippen LogP contribution in [0.1, 0.15) is 29.4 Å². The quantitative estimate of drug-likeness (QED) is 0.768. The van der Waals surface area contributed by atoms with Gasteiger partial charge in [0.25, 0.3) is 0 Å². The molecule has 1 heterocycles. The maximum Gasteiger partial charge on any atom is 0.202 e. The molecule has 1 atom stereocenters. The fraction of sp³-hybridized carbons (Fsp3) is 0.308. The van der Waals surface area contributed by atoms with Crippen molar-refractivity contribution in [1.29, 1.82) is 0 Å². The minimum absolute atomic E-state index is 0.0466. The third-order valence-electron chi connectivity index (χ3n) is 3.37. The Hall–Kier alpha value is -1.52. The molecule has 1 aliphatic rings. The predicted molar refractivity (Wildman–Crippen MR) is 67.2 cm³/mol. The van der Waals surface area contributed by atoms with Crippen molar-refractivity contribution >= 4 is 22.6 Å². The van der Waals surface area contributed by atoms with Crippen LogP contribution in [0.3, 0.4) is 0 Å². The van der Waals surface area contributed by atoms with Crippen molar-refractivity contribution in [3.05, 3.63) is 38.2 Å². The Morgan fingerprint density at radius 1 is 1.50 bits per heavy atom. The number of aryl methyl sites for hydroxylation is 2. The number of halogens is 1. The lowest BCUT2D eigenvalue weighted by Gasteiger charge is -2.08. The molecule has 3 rings (SSSR count). The number of benzene rings is 1. The highest BCUT2D eigenvalue weighted by Gasteiger charge is 2.28. The number of phenols is 1. The Morgan fingerprint density at radius 3 is 2.94 bits per heavy atom. The van der Waals surface area contributed by atoms with E-state index in [1.807, 2.05) is 0 Å². The second kappa shape index (κ2) is 3.73. The van der Waals surface area contributed by atoms with Crippen LogP contribution in [0, 0.1) is 6.92 Å². The molecule has 0 bridgehead atoms. The van der Waals surface area contributed by atoms with Crippen LogP contribution in [0.25, 0.3) is 11.0 Å².